The molecule has 1 amide bonds. The molecule has 1 saturated heterocycles. The third kappa shape index (κ3) is 3.52. The normalized spacial score (nSPS) is 17.7. The average molecular weight is 332 g/mol. The molecule has 2 aromatic rings. The van der Waals surface area contributed by atoms with Gasteiger partial charge in [0.1, 0.15) is 5.52 Å². The maximum Gasteiger partial charge on any atom is 0.298 e. The lowest BCUT2D eigenvalue weighted by molar-refractivity contribution is -0.120. The lowest BCUT2D eigenvalue weighted by Crippen LogP contribution is -2.48. The van der Waals surface area contributed by atoms with E-state index in [4.69, 9.17) is 14.9 Å². The van der Waals surface area contributed by atoms with Gasteiger partial charge in [-0.2, -0.15) is 4.98 Å². The van der Waals surface area contributed by atoms with Crippen molar-refractivity contribution in [1.29, 1.82) is 0 Å². The van der Waals surface area contributed by atoms with Crippen LogP contribution in [-0.2, 0) is 9.53 Å². The molecule has 7 heteroatoms. The minimum atomic E-state index is -0.885. The number of benzene rings is 1. The van der Waals surface area contributed by atoms with Gasteiger partial charge in [-0.1, -0.05) is 13.3 Å². The first-order valence-electron chi connectivity index (χ1n) is 8.33. The monoisotopic (exact) mass is 332 g/mol. The summed E-state index contributed by atoms with van der Waals surface area (Å²) in [5.74, 6) is -0.198. The summed E-state index contributed by atoms with van der Waals surface area (Å²) in [5, 5.41) is 2.86. The number of rotatable bonds is 5. The number of hydrogen-bond donors (Lipinski definition) is 2. The summed E-state index contributed by atoms with van der Waals surface area (Å²) in [4.78, 5) is 18.9. The number of oxazole rings is 1. The van der Waals surface area contributed by atoms with Crippen LogP contribution in [-0.4, -0.2) is 42.7 Å². The maximum absolute atomic E-state index is 12.3. The molecule has 1 fully saturated rings. The molecule has 1 atom stereocenters. The van der Waals surface area contributed by atoms with Gasteiger partial charge in [0.2, 0.25) is 5.91 Å². The number of fused-ring (bicyclic) bond motifs is 1. The van der Waals surface area contributed by atoms with Crippen LogP contribution in [0, 0.1) is 0 Å². The molecule has 24 heavy (non-hydrogen) atoms. The predicted octanol–water partition coefficient (Wildman–Crippen LogP) is 2.12. The van der Waals surface area contributed by atoms with Crippen molar-refractivity contribution in [2.45, 2.75) is 32.2 Å². The summed E-state index contributed by atoms with van der Waals surface area (Å²) in [6, 6.07) is 6.03. The Morgan fingerprint density at radius 1 is 1.42 bits per heavy atom. The smallest absolute Gasteiger partial charge is 0.298 e. The van der Waals surface area contributed by atoms with Gasteiger partial charge in [-0.15, -0.1) is 0 Å². The van der Waals surface area contributed by atoms with Crippen LogP contribution < -0.4 is 16.0 Å². The number of hydrogen-bond acceptors (Lipinski definition) is 6. The number of nitrogens with one attached hydrogen (secondary N) is 1. The van der Waals surface area contributed by atoms with Crippen molar-refractivity contribution in [3.63, 3.8) is 0 Å². The Bertz CT molecular complexity index is 720. The molecular weight excluding hydrogens is 308 g/mol. The van der Waals surface area contributed by atoms with E-state index in [-0.39, 0.29) is 5.91 Å². The first-order chi connectivity index (χ1) is 11.5. The number of carbonyl (C=O) groups is 1. The van der Waals surface area contributed by atoms with Gasteiger partial charge in [0.05, 0.1) is 18.8 Å². The molecule has 1 aliphatic rings. The second kappa shape index (κ2) is 6.78. The number of anilines is 2. The molecule has 1 aromatic heterocycles. The zero-order valence-corrected chi connectivity index (χ0v) is 14.2. The third-order valence-corrected chi connectivity index (χ3v) is 4.20. The van der Waals surface area contributed by atoms with Crippen molar-refractivity contribution in [2.24, 2.45) is 5.73 Å². The van der Waals surface area contributed by atoms with Crippen LogP contribution >= 0.6 is 0 Å². The number of carbonyl (C=O) groups excluding carboxylic acids is 1. The summed E-state index contributed by atoms with van der Waals surface area (Å²) in [6.45, 7) is 6.62. The van der Waals surface area contributed by atoms with E-state index in [9.17, 15) is 4.79 Å². The molecule has 3 rings (SSSR count). The summed E-state index contributed by atoms with van der Waals surface area (Å²) in [5.41, 5.74) is 7.24. The molecule has 0 radical (unpaired) electrons. The molecule has 1 unspecified atom stereocenters. The van der Waals surface area contributed by atoms with Crippen molar-refractivity contribution in [3.8, 4) is 0 Å². The van der Waals surface area contributed by atoms with E-state index < -0.39 is 5.54 Å². The van der Waals surface area contributed by atoms with E-state index >= 15 is 0 Å². The zero-order valence-electron chi connectivity index (χ0n) is 14.2. The van der Waals surface area contributed by atoms with Crippen LogP contribution in [0.2, 0.25) is 0 Å². The first kappa shape index (κ1) is 16.7. The lowest BCUT2D eigenvalue weighted by atomic mass is 9.96. The Hall–Kier alpha value is -2.12. The Kier molecular flexibility index (Phi) is 4.73. The number of morpholine rings is 1. The highest BCUT2D eigenvalue weighted by Gasteiger charge is 2.27. The van der Waals surface area contributed by atoms with Gasteiger partial charge in [-0.25, -0.2) is 0 Å². The van der Waals surface area contributed by atoms with E-state index in [0.717, 1.165) is 25.0 Å². The topological polar surface area (TPSA) is 93.6 Å². The van der Waals surface area contributed by atoms with E-state index in [1.165, 1.54) is 0 Å². The fourth-order valence-electron chi connectivity index (χ4n) is 2.79. The number of aromatic nitrogens is 1. The second-order valence-electron chi connectivity index (χ2n) is 6.40. The van der Waals surface area contributed by atoms with Crippen molar-refractivity contribution < 1.29 is 13.9 Å². The van der Waals surface area contributed by atoms with Crippen LogP contribution in [0.5, 0.6) is 0 Å². The quantitative estimate of drug-likeness (QED) is 0.871. The Morgan fingerprint density at radius 3 is 2.88 bits per heavy atom. The molecule has 0 bridgehead atoms. The van der Waals surface area contributed by atoms with Gasteiger partial charge in [0, 0.05) is 24.8 Å². The fourth-order valence-corrected chi connectivity index (χ4v) is 2.79. The standard InChI is InChI=1S/C17H24N4O3/c1-3-6-17(2,18)15(22)19-12-4-5-13-14(11-12)24-16(20-13)21-7-9-23-10-8-21/h4-5,11H,3,6-10,18H2,1-2H3,(H,19,22). The van der Waals surface area contributed by atoms with Gasteiger partial charge >= 0.3 is 0 Å². The molecule has 2 heterocycles. The van der Waals surface area contributed by atoms with Crippen molar-refractivity contribution in [1.82, 2.24) is 4.98 Å². The van der Waals surface area contributed by atoms with Crippen LogP contribution in [0.3, 0.4) is 0 Å². The van der Waals surface area contributed by atoms with Crippen molar-refractivity contribution in [2.75, 3.05) is 36.5 Å². The number of nitrogens with zero attached hydrogens (tertiary/aromatic N) is 2. The van der Waals surface area contributed by atoms with Gasteiger partial charge in [0.25, 0.3) is 6.01 Å². The Labute approximate surface area is 141 Å². The molecule has 130 valence electrons. The second-order valence-corrected chi connectivity index (χ2v) is 6.40. The Morgan fingerprint density at radius 2 is 2.17 bits per heavy atom. The molecule has 1 aliphatic heterocycles. The third-order valence-electron chi connectivity index (χ3n) is 4.20. The summed E-state index contributed by atoms with van der Waals surface area (Å²) >= 11 is 0. The molecule has 0 spiro atoms. The van der Waals surface area contributed by atoms with Gasteiger partial charge < -0.3 is 25.1 Å². The fraction of sp³-hybridized carbons (Fsp3) is 0.529. The molecule has 1 aromatic carbocycles. The highest BCUT2D eigenvalue weighted by atomic mass is 16.5. The molecule has 7 nitrogen and oxygen atoms in total. The average Bonchev–Trinajstić information content (AvgIpc) is 2.99. The van der Waals surface area contributed by atoms with Crippen molar-refractivity contribution >= 4 is 28.7 Å². The molecular formula is C17H24N4O3. The SMILES string of the molecule is CCCC(C)(N)C(=O)Nc1ccc2nc(N3CCOCC3)oc2c1. The lowest BCUT2D eigenvalue weighted by Gasteiger charge is -2.24. The van der Waals surface area contributed by atoms with E-state index in [1.54, 1.807) is 13.0 Å². The number of ether oxygens (including phenoxy) is 1. The largest absolute Gasteiger partial charge is 0.423 e. The van der Waals surface area contributed by atoms with Crippen LogP contribution in [0.4, 0.5) is 11.7 Å². The molecule has 3 N–H and O–H groups in total. The summed E-state index contributed by atoms with van der Waals surface area (Å²) in [7, 11) is 0. The minimum Gasteiger partial charge on any atom is -0.423 e. The van der Waals surface area contributed by atoms with Crippen LogP contribution in [0.1, 0.15) is 26.7 Å². The number of amides is 1. The molecule has 0 aliphatic carbocycles. The summed E-state index contributed by atoms with van der Waals surface area (Å²) in [6.07, 6.45) is 1.48. The van der Waals surface area contributed by atoms with Crippen LogP contribution in [0.25, 0.3) is 11.1 Å². The predicted molar refractivity (Wildman–Crippen MR) is 93.2 cm³/mol. The van der Waals surface area contributed by atoms with Crippen molar-refractivity contribution in [3.05, 3.63) is 18.2 Å². The van der Waals surface area contributed by atoms with Gasteiger partial charge in [-0.3, -0.25) is 4.79 Å². The zero-order chi connectivity index (χ0) is 17.2. The van der Waals surface area contributed by atoms with Gasteiger partial charge in [-0.05, 0) is 25.5 Å². The first-order valence-corrected chi connectivity index (χ1v) is 8.33. The maximum atomic E-state index is 12.3. The van der Waals surface area contributed by atoms with E-state index in [1.807, 2.05) is 19.1 Å². The summed E-state index contributed by atoms with van der Waals surface area (Å²) < 4.78 is 11.2. The highest BCUT2D eigenvalue weighted by molar-refractivity contribution is 5.98. The van der Waals surface area contributed by atoms with E-state index in [0.29, 0.717) is 36.9 Å². The number of nitrogens with two attached hydrogens (primary N) is 1. The minimum absolute atomic E-state index is 0.198. The van der Waals surface area contributed by atoms with Gasteiger partial charge in [0.15, 0.2) is 5.58 Å². The highest BCUT2D eigenvalue weighted by Crippen LogP contribution is 2.25. The Balaban J connectivity index is 1.77. The van der Waals surface area contributed by atoms with Crippen LogP contribution in [0.15, 0.2) is 22.6 Å². The molecule has 0 saturated carbocycles. The van der Waals surface area contributed by atoms with E-state index in [2.05, 4.69) is 15.2 Å².